The van der Waals surface area contributed by atoms with E-state index in [4.69, 9.17) is 9.47 Å². The number of aryl methyl sites for hydroxylation is 1. The standard InChI is InChI=1S/C19H22N4O5/c1-12-8-23(19(26)21-18(12)25)10-17(24)22-6-2-3-14(9-22)20-13-4-5-15-16(7-13)28-11-27-15/h4-5,7-8,14,20H,2-3,6,9-11H2,1H3,(H,21,25,26)/t14-/m1/s1. The van der Waals surface area contributed by atoms with Crippen LogP contribution in [0.15, 0.2) is 34.0 Å². The maximum atomic E-state index is 12.7. The Hall–Kier alpha value is -3.23. The lowest BCUT2D eigenvalue weighted by Gasteiger charge is -2.34. The number of likely N-dealkylation sites (tertiary alicyclic amines) is 1. The molecule has 1 aromatic carbocycles. The predicted molar refractivity (Wildman–Crippen MR) is 102 cm³/mol. The number of nitrogens with zero attached hydrogens (tertiary/aromatic N) is 2. The van der Waals surface area contributed by atoms with Gasteiger partial charge in [-0.3, -0.25) is 19.1 Å². The molecular weight excluding hydrogens is 364 g/mol. The smallest absolute Gasteiger partial charge is 0.328 e. The minimum absolute atomic E-state index is 0.0901. The fourth-order valence-electron chi connectivity index (χ4n) is 3.53. The Balaban J connectivity index is 1.40. The molecule has 1 atom stereocenters. The number of hydrogen-bond acceptors (Lipinski definition) is 6. The molecule has 1 fully saturated rings. The van der Waals surface area contributed by atoms with Gasteiger partial charge < -0.3 is 19.7 Å². The number of anilines is 1. The molecule has 0 spiro atoms. The van der Waals surface area contributed by atoms with Crippen molar-refractivity contribution in [3.8, 4) is 11.5 Å². The van der Waals surface area contributed by atoms with Gasteiger partial charge >= 0.3 is 5.69 Å². The first kappa shape index (κ1) is 18.1. The monoisotopic (exact) mass is 386 g/mol. The summed E-state index contributed by atoms with van der Waals surface area (Å²) in [5, 5.41) is 3.44. The largest absolute Gasteiger partial charge is 0.454 e. The van der Waals surface area contributed by atoms with Crippen LogP contribution in [-0.4, -0.2) is 46.3 Å². The van der Waals surface area contributed by atoms with Gasteiger partial charge in [0.05, 0.1) is 0 Å². The van der Waals surface area contributed by atoms with E-state index in [1.165, 1.54) is 10.8 Å². The minimum atomic E-state index is -0.573. The molecule has 1 saturated heterocycles. The SMILES string of the molecule is Cc1cn(CC(=O)N2CCC[C@@H](Nc3ccc4c(c3)OCO4)C2)c(=O)[nH]c1=O. The van der Waals surface area contributed by atoms with Crippen LogP contribution in [0.3, 0.4) is 0 Å². The fourth-order valence-corrected chi connectivity index (χ4v) is 3.53. The van der Waals surface area contributed by atoms with E-state index >= 15 is 0 Å². The van der Waals surface area contributed by atoms with Crippen molar-refractivity contribution in [1.29, 1.82) is 0 Å². The number of carbonyl (C=O) groups is 1. The first-order valence-corrected chi connectivity index (χ1v) is 9.24. The van der Waals surface area contributed by atoms with E-state index < -0.39 is 11.2 Å². The highest BCUT2D eigenvalue weighted by molar-refractivity contribution is 5.76. The zero-order chi connectivity index (χ0) is 19.7. The summed E-state index contributed by atoms with van der Waals surface area (Å²) in [5.74, 6) is 1.29. The number of rotatable bonds is 4. The van der Waals surface area contributed by atoms with Crippen molar-refractivity contribution in [2.75, 3.05) is 25.2 Å². The van der Waals surface area contributed by atoms with Crippen LogP contribution in [0, 0.1) is 6.92 Å². The van der Waals surface area contributed by atoms with Crippen LogP contribution in [0.25, 0.3) is 0 Å². The van der Waals surface area contributed by atoms with Crippen LogP contribution >= 0.6 is 0 Å². The Morgan fingerprint density at radius 1 is 1.29 bits per heavy atom. The van der Waals surface area contributed by atoms with Crippen LogP contribution < -0.4 is 26.0 Å². The van der Waals surface area contributed by atoms with E-state index in [0.29, 0.717) is 24.4 Å². The number of nitrogens with one attached hydrogen (secondary N) is 2. The lowest BCUT2D eigenvalue weighted by Crippen LogP contribution is -2.47. The van der Waals surface area contributed by atoms with E-state index in [1.807, 2.05) is 18.2 Å². The summed E-state index contributed by atoms with van der Waals surface area (Å²) in [4.78, 5) is 40.0. The van der Waals surface area contributed by atoms with E-state index in [2.05, 4.69) is 10.3 Å². The van der Waals surface area contributed by atoms with E-state index in [9.17, 15) is 14.4 Å². The van der Waals surface area contributed by atoms with Gasteiger partial charge in [-0.25, -0.2) is 4.79 Å². The molecular formula is C19H22N4O5. The van der Waals surface area contributed by atoms with Crippen LogP contribution in [0.2, 0.25) is 0 Å². The quantitative estimate of drug-likeness (QED) is 0.800. The number of aromatic amines is 1. The Kier molecular flexibility index (Phi) is 4.81. The molecule has 0 bridgehead atoms. The van der Waals surface area contributed by atoms with Gasteiger partial charge in [0.15, 0.2) is 11.5 Å². The van der Waals surface area contributed by atoms with Gasteiger partial charge in [0.25, 0.3) is 5.56 Å². The van der Waals surface area contributed by atoms with Crippen molar-refractivity contribution in [3.05, 3.63) is 50.8 Å². The third kappa shape index (κ3) is 3.73. The Morgan fingerprint density at radius 2 is 2.11 bits per heavy atom. The lowest BCUT2D eigenvalue weighted by atomic mass is 10.0. The van der Waals surface area contributed by atoms with Crippen molar-refractivity contribution in [3.63, 3.8) is 0 Å². The molecule has 2 aromatic rings. The molecule has 1 aromatic heterocycles. The van der Waals surface area contributed by atoms with Gasteiger partial charge in [-0.1, -0.05) is 0 Å². The zero-order valence-corrected chi connectivity index (χ0v) is 15.6. The molecule has 9 heteroatoms. The molecule has 28 heavy (non-hydrogen) atoms. The first-order chi connectivity index (χ1) is 13.5. The summed E-state index contributed by atoms with van der Waals surface area (Å²) < 4.78 is 12.0. The number of carbonyl (C=O) groups excluding carboxylic acids is 1. The highest BCUT2D eigenvalue weighted by Gasteiger charge is 2.24. The van der Waals surface area contributed by atoms with Gasteiger partial charge in [-0.05, 0) is 31.9 Å². The van der Waals surface area contributed by atoms with Crippen molar-refractivity contribution in [1.82, 2.24) is 14.5 Å². The second-order valence-corrected chi connectivity index (χ2v) is 7.09. The number of benzene rings is 1. The van der Waals surface area contributed by atoms with Crippen molar-refractivity contribution >= 4 is 11.6 Å². The number of fused-ring (bicyclic) bond motifs is 1. The van der Waals surface area contributed by atoms with Gasteiger partial charge in [0.1, 0.15) is 6.54 Å². The summed E-state index contributed by atoms with van der Waals surface area (Å²) >= 11 is 0. The molecule has 0 aliphatic carbocycles. The summed E-state index contributed by atoms with van der Waals surface area (Å²) in [6.07, 6.45) is 3.23. The van der Waals surface area contributed by atoms with Crippen LogP contribution in [0.1, 0.15) is 18.4 Å². The summed E-state index contributed by atoms with van der Waals surface area (Å²) in [5.41, 5.74) is 0.306. The highest BCUT2D eigenvalue weighted by atomic mass is 16.7. The molecule has 0 radical (unpaired) electrons. The Labute approximate surface area is 160 Å². The minimum Gasteiger partial charge on any atom is -0.454 e. The second kappa shape index (κ2) is 7.41. The average Bonchev–Trinajstić information content (AvgIpc) is 3.14. The number of ether oxygens (including phenoxy) is 2. The predicted octanol–water partition coefficient (Wildman–Crippen LogP) is 0.677. The van der Waals surface area contributed by atoms with Gasteiger partial charge in [0.2, 0.25) is 12.7 Å². The average molecular weight is 386 g/mol. The Morgan fingerprint density at radius 3 is 2.96 bits per heavy atom. The van der Waals surface area contributed by atoms with Crippen LogP contribution in [0.5, 0.6) is 11.5 Å². The number of piperidine rings is 1. The molecule has 9 nitrogen and oxygen atoms in total. The first-order valence-electron chi connectivity index (χ1n) is 9.24. The number of H-pyrrole nitrogens is 1. The maximum absolute atomic E-state index is 12.7. The van der Waals surface area contributed by atoms with Crippen LogP contribution in [0.4, 0.5) is 5.69 Å². The normalized spacial score (nSPS) is 18.2. The lowest BCUT2D eigenvalue weighted by molar-refractivity contribution is -0.133. The molecule has 1 amide bonds. The van der Waals surface area contributed by atoms with Gasteiger partial charge in [0, 0.05) is 42.6 Å². The summed E-state index contributed by atoms with van der Waals surface area (Å²) in [6.45, 7) is 2.94. The fraction of sp³-hybridized carbons (Fsp3) is 0.421. The molecule has 2 N–H and O–H groups in total. The molecule has 3 heterocycles. The van der Waals surface area contributed by atoms with Crippen LogP contribution in [-0.2, 0) is 11.3 Å². The number of hydrogen-bond donors (Lipinski definition) is 2. The molecule has 148 valence electrons. The van der Waals surface area contributed by atoms with E-state index in [-0.39, 0.29) is 25.3 Å². The maximum Gasteiger partial charge on any atom is 0.328 e. The Bertz CT molecular complexity index is 1010. The summed E-state index contributed by atoms with van der Waals surface area (Å²) in [6, 6.07) is 5.79. The highest BCUT2D eigenvalue weighted by Crippen LogP contribution is 2.34. The van der Waals surface area contributed by atoms with Gasteiger partial charge in [-0.15, -0.1) is 0 Å². The summed E-state index contributed by atoms with van der Waals surface area (Å²) in [7, 11) is 0. The topological polar surface area (TPSA) is 106 Å². The number of aromatic nitrogens is 2. The zero-order valence-electron chi connectivity index (χ0n) is 15.6. The molecule has 2 aliphatic heterocycles. The van der Waals surface area contributed by atoms with Crippen molar-refractivity contribution in [2.45, 2.75) is 32.4 Å². The van der Waals surface area contributed by atoms with Crippen molar-refractivity contribution < 1.29 is 14.3 Å². The third-order valence-corrected chi connectivity index (χ3v) is 5.01. The van der Waals surface area contributed by atoms with Gasteiger partial charge in [-0.2, -0.15) is 0 Å². The molecule has 0 saturated carbocycles. The molecule has 4 rings (SSSR count). The molecule has 0 unspecified atom stereocenters. The van der Waals surface area contributed by atoms with E-state index in [0.717, 1.165) is 24.3 Å². The van der Waals surface area contributed by atoms with E-state index in [1.54, 1.807) is 11.8 Å². The second-order valence-electron chi connectivity index (χ2n) is 7.09. The number of amides is 1. The van der Waals surface area contributed by atoms with Crippen molar-refractivity contribution in [2.24, 2.45) is 0 Å². The molecule has 2 aliphatic rings. The third-order valence-electron chi connectivity index (χ3n) is 5.01.